The summed E-state index contributed by atoms with van der Waals surface area (Å²) in [5.74, 6) is -0.178. The zero-order chi connectivity index (χ0) is 19.2. The van der Waals surface area contributed by atoms with Crippen LogP contribution in [0.15, 0.2) is 48.5 Å². The summed E-state index contributed by atoms with van der Waals surface area (Å²) in [6.45, 7) is 4.62. The van der Waals surface area contributed by atoms with Gasteiger partial charge in [-0.3, -0.25) is 9.59 Å². The highest BCUT2D eigenvalue weighted by Gasteiger charge is 2.22. The molecule has 2 aromatic rings. The fraction of sp³-hybridized carbons (Fsp3) is 0.333. The van der Waals surface area contributed by atoms with E-state index in [2.05, 4.69) is 17.6 Å². The molecule has 0 bridgehead atoms. The molecule has 2 amide bonds. The van der Waals surface area contributed by atoms with Gasteiger partial charge in [-0.2, -0.15) is 0 Å². The minimum atomic E-state index is -0.366. The largest absolute Gasteiger partial charge is 0.327 e. The Bertz CT molecular complexity index is 807. The first kappa shape index (κ1) is 19.0. The number of para-hydroxylation sites is 1. The van der Waals surface area contributed by atoms with Crippen molar-refractivity contribution < 1.29 is 18.9 Å². The Morgan fingerprint density at radius 1 is 1.11 bits per heavy atom. The van der Waals surface area contributed by atoms with Gasteiger partial charge < -0.3 is 15.5 Å². The van der Waals surface area contributed by atoms with Crippen LogP contribution in [0.4, 0.5) is 15.8 Å². The lowest BCUT2D eigenvalue weighted by molar-refractivity contribution is -0.900. The molecule has 1 unspecified atom stereocenters. The summed E-state index contributed by atoms with van der Waals surface area (Å²) in [7, 11) is 0. The number of hydrogen-bond donors (Lipinski definition) is 3. The van der Waals surface area contributed by atoms with Crippen molar-refractivity contribution in [3.8, 4) is 0 Å². The number of rotatable bonds is 5. The third-order valence-electron chi connectivity index (χ3n) is 4.82. The van der Waals surface area contributed by atoms with Gasteiger partial charge in [0.25, 0.3) is 11.8 Å². The Hall–Kier alpha value is -2.73. The summed E-state index contributed by atoms with van der Waals surface area (Å²) in [5, 5.41) is 5.59. The molecule has 3 N–H and O–H groups in total. The smallest absolute Gasteiger partial charge is 0.279 e. The molecule has 0 aliphatic carbocycles. The molecule has 1 heterocycles. The van der Waals surface area contributed by atoms with Gasteiger partial charge in [0.15, 0.2) is 6.54 Å². The van der Waals surface area contributed by atoms with Crippen molar-refractivity contribution >= 4 is 23.2 Å². The molecule has 1 aliphatic heterocycles. The first-order valence-electron chi connectivity index (χ1n) is 9.30. The Balaban J connectivity index is 1.65. The van der Waals surface area contributed by atoms with Crippen LogP contribution in [0.25, 0.3) is 0 Å². The second-order valence-electron chi connectivity index (χ2n) is 7.18. The van der Waals surface area contributed by atoms with Crippen LogP contribution in [0.2, 0.25) is 0 Å². The number of hydrogen-bond acceptors (Lipinski definition) is 2. The van der Waals surface area contributed by atoms with Crippen molar-refractivity contribution in [1.82, 2.24) is 0 Å². The van der Waals surface area contributed by atoms with E-state index in [0.29, 0.717) is 29.4 Å². The van der Waals surface area contributed by atoms with Gasteiger partial charge in [0.2, 0.25) is 0 Å². The number of halogens is 1. The van der Waals surface area contributed by atoms with E-state index in [1.807, 2.05) is 0 Å². The van der Waals surface area contributed by atoms with Gasteiger partial charge in [0.1, 0.15) is 5.82 Å². The van der Waals surface area contributed by atoms with E-state index in [0.717, 1.165) is 19.5 Å². The van der Waals surface area contributed by atoms with Gasteiger partial charge in [-0.25, -0.2) is 4.39 Å². The number of nitrogens with one attached hydrogen (secondary N) is 3. The molecule has 2 aromatic carbocycles. The van der Waals surface area contributed by atoms with Crippen molar-refractivity contribution in [3.63, 3.8) is 0 Å². The fourth-order valence-electron chi connectivity index (χ4n) is 3.50. The molecular formula is C21H25FN3O2+. The predicted octanol–water partition coefficient (Wildman–Crippen LogP) is 2.33. The van der Waals surface area contributed by atoms with Crippen molar-refractivity contribution in [2.75, 3.05) is 30.3 Å². The van der Waals surface area contributed by atoms with E-state index in [4.69, 9.17) is 0 Å². The number of anilines is 2. The van der Waals surface area contributed by atoms with Crippen LogP contribution < -0.4 is 15.5 Å². The molecule has 2 atom stereocenters. The van der Waals surface area contributed by atoms with Gasteiger partial charge in [0.05, 0.1) is 24.3 Å². The van der Waals surface area contributed by atoms with E-state index in [1.54, 1.807) is 24.3 Å². The predicted molar refractivity (Wildman–Crippen MR) is 103 cm³/mol. The van der Waals surface area contributed by atoms with Crippen LogP contribution in [0.5, 0.6) is 0 Å². The molecule has 5 nitrogen and oxygen atoms in total. The Kier molecular flexibility index (Phi) is 6.19. The van der Waals surface area contributed by atoms with E-state index in [1.165, 1.54) is 35.6 Å². The minimum absolute atomic E-state index is 0.0962. The van der Waals surface area contributed by atoms with Gasteiger partial charge in [0, 0.05) is 11.6 Å². The monoisotopic (exact) mass is 370 g/mol. The molecule has 0 radical (unpaired) electrons. The lowest BCUT2D eigenvalue weighted by atomic mass is 10.0. The SMILES string of the molecule is C[C@@H]1CCC[NH+](CC(=O)Nc2ccccc2C(=O)Nc2ccc(F)cc2)C1. The molecule has 1 fully saturated rings. The third-order valence-corrected chi connectivity index (χ3v) is 4.82. The number of carbonyl (C=O) groups is 2. The number of piperidine rings is 1. The summed E-state index contributed by atoms with van der Waals surface area (Å²) in [6.07, 6.45) is 2.36. The summed E-state index contributed by atoms with van der Waals surface area (Å²) < 4.78 is 13.0. The van der Waals surface area contributed by atoms with Gasteiger partial charge in [-0.1, -0.05) is 19.1 Å². The molecule has 142 valence electrons. The average molecular weight is 370 g/mol. The van der Waals surface area contributed by atoms with Gasteiger partial charge in [-0.15, -0.1) is 0 Å². The molecule has 0 aromatic heterocycles. The van der Waals surface area contributed by atoms with Crippen LogP contribution in [-0.2, 0) is 4.79 Å². The first-order chi connectivity index (χ1) is 13.0. The van der Waals surface area contributed by atoms with E-state index in [9.17, 15) is 14.0 Å². The summed E-state index contributed by atoms with van der Waals surface area (Å²) in [4.78, 5) is 26.3. The van der Waals surface area contributed by atoms with Crippen molar-refractivity contribution in [3.05, 3.63) is 59.9 Å². The van der Waals surface area contributed by atoms with E-state index in [-0.39, 0.29) is 17.6 Å². The number of quaternary nitrogens is 1. The molecule has 0 spiro atoms. The van der Waals surface area contributed by atoms with Crippen molar-refractivity contribution in [2.24, 2.45) is 5.92 Å². The highest BCUT2D eigenvalue weighted by Crippen LogP contribution is 2.17. The first-order valence-corrected chi connectivity index (χ1v) is 9.30. The fourth-order valence-corrected chi connectivity index (χ4v) is 3.50. The molecule has 27 heavy (non-hydrogen) atoms. The van der Waals surface area contributed by atoms with E-state index < -0.39 is 0 Å². The van der Waals surface area contributed by atoms with Crippen LogP contribution in [0, 0.1) is 11.7 Å². The molecule has 1 aliphatic rings. The second kappa shape index (κ2) is 8.77. The number of amides is 2. The maximum Gasteiger partial charge on any atom is 0.279 e. The summed E-state index contributed by atoms with van der Waals surface area (Å²) in [5.41, 5.74) is 1.35. The van der Waals surface area contributed by atoms with Crippen LogP contribution in [0.3, 0.4) is 0 Å². The minimum Gasteiger partial charge on any atom is -0.327 e. The molecule has 6 heteroatoms. The number of likely N-dealkylation sites (tertiary alicyclic amines) is 1. The van der Waals surface area contributed by atoms with Crippen LogP contribution in [-0.4, -0.2) is 31.4 Å². The van der Waals surface area contributed by atoms with Crippen molar-refractivity contribution in [1.29, 1.82) is 0 Å². The molecule has 0 saturated carbocycles. The normalized spacial score (nSPS) is 19.3. The van der Waals surface area contributed by atoms with Gasteiger partial charge >= 0.3 is 0 Å². The molecular weight excluding hydrogens is 345 g/mol. The average Bonchev–Trinajstić information content (AvgIpc) is 2.64. The van der Waals surface area contributed by atoms with Gasteiger partial charge in [-0.05, 0) is 49.2 Å². The maximum absolute atomic E-state index is 13.0. The number of carbonyl (C=O) groups excluding carboxylic acids is 2. The molecule has 3 rings (SSSR count). The van der Waals surface area contributed by atoms with E-state index >= 15 is 0 Å². The Labute approximate surface area is 158 Å². The lowest BCUT2D eigenvalue weighted by Gasteiger charge is -2.27. The third kappa shape index (κ3) is 5.37. The highest BCUT2D eigenvalue weighted by atomic mass is 19.1. The quantitative estimate of drug-likeness (QED) is 0.757. The topological polar surface area (TPSA) is 62.6 Å². The second-order valence-corrected chi connectivity index (χ2v) is 7.18. The Morgan fingerprint density at radius 3 is 2.59 bits per heavy atom. The summed E-state index contributed by atoms with van der Waals surface area (Å²) in [6, 6.07) is 12.4. The maximum atomic E-state index is 13.0. The highest BCUT2D eigenvalue weighted by molar-refractivity contribution is 6.10. The summed E-state index contributed by atoms with van der Waals surface area (Å²) >= 11 is 0. The zero-order valence-corrected chi connectivity index (χ0v) is 15.4. The van der Waals surface area contributed by atoms with Crippen molar-refractivity contribution in [2.45, 2.75) is 19.8 Å². The Morgan fingerprint density at radius 2 is 1.85 bits per heavy atom. The zero-order valence-electron chi connectivity index (χ0n) is 15.4. The molecule has 1 saturated heterocycles. The van der Waals surface area contributed by atoms with Crippen LogP contribution >= 0.6 is 0 Å². The lowest BCUT2D eigenvalue weighted by Crippen LogP contribution is -3.14. The van der Waals surface area contributed by atoms with Crippen LogP contribution in [0.1, 0.15) is 30.1 Å². The number of benzene rings is 2. The standard InChI is InChI=1S/C21H24FN3O2/c1-15-5-4-12-25(13-15)14-20(26)24-19-7-3-2-6-18(19)21(27)23-17-10-8-16(22)9-11-17/h2-3,6-11,15H,4-5,12-14H2,1H3,(H,23,27)(H,24,26)/p+1/t15-/m1/s1.